The number of carbonyl (C=O) groups is 2. The number of aromatic nitrogens is 1. The van der Waals surface area contributed by atoms with Crippen LogP contribution < -0.4 is 5.73 Å². The monoisotopic (exact) mass is 236 g/mol. The van der Waals surface area contributed by atoms with Crippen LogP contribution in [0.1, 0.15) is 36.2 Å². The molecule has 0 amide bonds. The van der Waals surface area contributed by atoms with Gasteiger partial charge in [-0.3, -0.25) is 4.79 Å². The van der Waals surface area contributed by atoms with Crippen LogP contribution >= 0.6 is 0 Å². The number of hydrogen-bond donors (Lipinski definition) is 1. The number of rotatable bonds is 6. The molecule has 17 heavy (non-hydrogen) atoms. The van der Waals surface area contributed by atoms with E-state index in [1.54, 1.807) is 12.1 Å². The first-order valence-corrected chi connectivity index (χ1v) is 5.60. The van der Waals surface area contributed by atoms with Crippen molar-refractivity contribution in [3.63, 3.8) is 0 Å². The van der Waals surface area contributed by atoms with Crippen molar-refractivity contribution < 1.29 is 14.3 Å². The summed E-state index contributed by atoms with van der Waals surface area (Å²) < 4.78 is 4.65. The fraction of sp³-hybridized carbons (Fsp3) is 0.417. The minimum absolute atomic E-state index is 0.141. The van der Waals surface area contributed by atoms with Crippen molar-refractivity contribution in [1.29, 1.82) is 0 Å². The van der Waals surface area contributed by atoms with Crippen molar-refractivity contribution in [3.05, 3.63) is 30.1 Å². The zero-order valence-electron chi connectivity index (χ0n) is 9.59. The Balaban J connectivity index is 2.29. The first-order chi connectivity index (χ1) is 8.24. The van der Waals surface area contributed by atoms with Crippen LogP contribution in [-0.4, -0.2) is 23.5 Å². The van der Waals surface area contributed by atoms with E-state index in [9.17, 15) is 9.59 Å². The predicted octanol–water partition coefficient (Wildman–Crippen LogP) is 1.28. The van der Waals surface area contributed by atoms with Crippen LogP contribution in [0.15, 0.2) is 24.4 Å². The van der Waals surface area contributed by atoms with E-state index in [-0.39, 0.29) is 12.1 Å². The van der Waals surface area contributed by atoms with Gasteiger partial charge < -0.3 is 10.5 Å². The third-order valence-corrected chi connectivity index (χ3v) is 2.17. The highest BCUT2D eigenvalue weighted by Crippen LogP contribution is 2.03. The van der Waals surface area contributed by atoms with Gasteiger partial charge in [0.1, 0.15) is 5.69 Å². The number of hydrogen-bond acceptors (Lipinski definition) is 5. The number of carbonyl (C=O) groups excluding carboxylic acids is 2. The average Bonchev–Trinajstić information content (AvgIpc) is 2.36. The Bertz CT molecular complexity index is 365. The van der Waals surface area contributed by atoms with Gasteiger partial charge in [-0.1, -0.05) is 12.5 Å². The molecule has 0 atom stereocenters. The SMILES string of the molecule is NCCCCCC(=O)OC(=O)c1ccccn1. The first kappa shape index (κ1) is 13.3. The normalized spacial score (nSPS) is 9.94. The molecule has 0 unspecified atom stereocenters. The molecule has 0 saturated heterocycles. The van der Waals surface area contributed by atoms with Crippen molar-refractivity contribution in [2.45, 2.75) is 25.7 Å². The largest absolute Gasteiger partial charge is 0.388 e. The topological polar surface area (TPSA) is 82.3 Å². The minimum atomic E-state index is -0.700. The van der Waals surface area contributed by atoms with Crippen LogP contribution in [0.2, 0.25) is 0 Å². The van der Waals surface area contributed by atoms with E-state index in [0.717, 1.165) is 12.8 Å². The van der Waals surface area contributed by atoms with Crippen LogP contribution in [0.25, 0.3) is 0 Å². The maximum atomic E-state index is 11.4. The van der Waals surface area contributed by atoms with Gasteiger partial charge in [-0.2, -0.15) is 0 Å². The van der Waals surface area contributed by atoms with E-state index in [4.69, 9.17) is 5.73 Å². The van der Waals surface area contributed by atoms with Crippen molar-refractivity contribution in [2.75, 3.05) is 6.54 Å². The van der Waals surface area contributed by atoms with E-state index in [2.05, 4.69) is 9.72 Å². The number of esters is 2. The number of nitrogens with zero attached hydrogens (tertiary/aromatic N) is 1. The molecule has 0 saturated carbocycles. The zero-order valence-corrected chi connectivity index (χ0v) is 9.59. The van der Waals surface area contributed by atoms with Crippen LogP contribution in [0.3, 0.4) is 0 Å². The molecule has 0 aliphatic rings. The second-order valence-corrected chi connectivity index (χ2v) is 3.58. The third-order valence-electron chi connectivity index (χ3n) is 2.17. The van der Waals surface area contributed by atoms with Gasteiger partial charge in [-0.05, 0) is 31.5 Å². The van der Waals surface area contributed by atoms with Crippen molar-refractivity contribution in [1.82, 2.24) is 4.98 Å². The summed E-state index contributed by atoms with van der Waals surface area (Å²) in [7, 11) is 0. The van der Waals surface area contributed by atoms with Gasteiger partial charge in [0, 0.05) is 12.6 Å². The molecule has 0 aliphatic heterocycles. The summed E-state index contributed by atoms with van der Waals surface area (Å²) in [6.45, 7) is 0.613. The van der Waals surface area contributed by atoms with Crippen LogP contribution in [-0.2, 0) is 9.53 Å². The lowest BCUT2D eigenvalue weighted by molar-refractivity contribution is -0.138. The summed E-state index contributed by atoms with van der Waals surface area (Å²) in [4.78, 5) is 26.5. The van der Waals surface area contributed by atoms with Crippen LogP contribution in [0.4, 0.5) is 0 Å². The molecule has 1 aromatic rings. The Morgan fingerprint density at radius 3 is 2.71 bits per heavy atom. The fourth-order valence-electron chi connectivity index (χ4n) is 1.28. The Hall–Kier alpha value is -1.75. The zero-order chi connectivity index (χ0) is 12.5. The van der Waals surface area contributed by atoms with E-state index in [1.165, 1.54) is 12.3 Å². The maximum Gasteiger partial charge on any atom is 0.364 e. The molecule has 0 radical (unpaired) electrons. The molecule has 2 N–H and O–H groups in total. The van der Waals surface area contributed by atoms with Gasteiger partial charge in [-0.15, -0.1) is 0 Å². The second-order valence-electron chi connectivity index (χ2n) is 3.58. The van der Waals surface area contributed by atoms with Crippen LogP contribution in [0.5, 0.6) is 0 Å². The van der Waals surface area contributed by atoms with E-state index >= 15 is 0 Å². The Kier molecular flexibility index (Phi) is 5.88. The molecule has 1 rings (SSSR count). The lowest BCUT2D eigenvalue weighted by Gasteiger charge is -2.02. The molecule has 1 heterocycles. The van der Waals surface area contributed by atoms with E-state index in [1.807, 2.05) is 0 Å². The molecule has 1 aromatic heterocycles. The fourth-order valence-corrected chi connectivity index (χ4v) is 1.28. The van der Waals surface area contributed by atoms with Crippen molar-refractivity contribution in [2.24, 2.45) is 5.73 Å². The second kappa shape index (κ2) is 7.51. The first-order valence-electron chi connectivity index (χ1n) is 5.60. The highest BCUT2D eigenvalue weighted by molar-refractivity contribution is 5.95. The van der Waals surface area contributed by atoms with E-state index < -0.39 is 11.9 Å². The molecule has 0 aliphatic carbocycles. The van der Waals surface area contributed by atoms with Gasteiger partial charge in [0.15, 0.2) is 0 Å². The number of nitrogens with two attached hydrogens (primary N) is 1. The third kappa shape index (κ3) is 5.21. The van der Waals surface area contributed by atoms with Gasteiger partial charge >= 0.3 is 11.9 Å². The summed E-state index contributed by atoms with van der Waals surface area (Å²) in [5.74, 6) is -1.22. The lowest BCUT2D eigenvalue weighted by Crippen LogP contribution is -2.13. The summed E-state index contributed by atoms with van der Waals surface area (Å²) in [6, 6.07) is 4.85. The van der Waals surface area contributed by atoms with E-state index in [0.29, 0.717) is 13.0 Å². The van der Waals surface area contributed by atoms with Crippen molar-refractivity contribution >= 4 is 11.9 Å². The molecule has 92 valence electrons. The number of unbranched alkanes of at least 4 members (excludes halogenated alkanes) is 2. The molecule has 5 heteroatoms. The van der Waals surface area contributed by atoms with Gasteiger partial charge in [0.05, 0.1) is 0 Å². The summed E-state index contributed by atoms with van der Waals surface area (Å²) >= 11 is 0. The predicted molar refractivity (Wildman–Crippen MR) is 62.2 cm³/mol. The van der Waals surface area contributed by atoms with Gasteiger partial charge in [-0.25, -0.2) is 9.78 Å². The molecular formula is C12H16N2O3. The molecule has 0 bridgehead atoms. The Morgan fingerprint density at radius 1 is 1.24 bits per heavy atom. The highest BCUT2D eigenvalue weighted by Gasteiger charge is 2.13. The number of pyridine rings is 1. The number of ether oxygens (including phenoxy) is 1. The van der Waals surface area contributed by atoms with Gasteiger partial charge in [0.25, 0.3) is 0 Å². The summed E-state index contributed by atoms with van der Waals surface area (Å²) in [5, 5.41) is 0. The maximum absolute atomic E-state index is 11.4. The van der Waals surface area contributed by atoms with Crippen molar-refractivity contribution in [3.8, 4) is 0 Å². The Morgan fingerprint density at radius 2 is 2.06 bits per heavy atom. The molecular weight excluding hydrogens is 220 g/mol. The molecule has 5 nitrogen and oxygen atoms in total. The average molecular weight is 236 g/mol. The standard InChI is InChI=1S/C12H16N2O3/c13-8-4-1-2-7-11(15)17-12(16)10-6-3-5-9-14-10/h3,5-6,9H,1-2,4,7-8,13H2. The smallest absolute Gasteiger partial charge is 0.364 e. The quantitative estimate of drug-likeness (QED) is 0.457. The Labute approximate surface area is 100.0 Å². The summed E-state index contributed by atoms with van der Waals surface area (Å²) in [5.41, 5.74) is 5.47. The molecule has 0 spiro atoms. The highest BCUT2D eigenvalue weighted by atomic mass is 16.6. The summed E-state index contributed by atoms with van der Waals surface area (Å²) in [6.07, 6.45) is 4.14. The van der Waals surface area contributed by atoms with Crippen LogP contribution in [0, 0.1) is 0 Å². The lowest BCUT2D eigenvalue weighted by atomic mass is 10.2. The molecule has 0 aromatic carbocycles. The minimum Gasteiger partial charge on any atom is -0.388 e. The van der Waals surface area contributed by atoms with Gasteiger partial charge in [0.2, 0.25) is 0 Å². The molecule has 0 fully saturated rings.